The van der Waals surface area contributed by atoms with Crippen LogP contribution in [0.3, 0.4) is 0 Å². The Morgan fingerprint density at radius 2 is 1.93 bits per heavy atom. The lowest BCUT2D eigenvalue weighted by Gasteiger charge is -2.12. The van der Waals surface area contributed by atoms with Crippen LogP contribution >= 0.6 is 11.3 Å². The monoisotopic (exact) mass is 224 g/mol. The summed E-state index contributed by atoms with van der Waals surface area (Å²) in [5, 5.41) is 8.80. The van der Waals surface area contributed by atoms with Gasteiger partial charge in [0.2, 0.25) is 0 Å². The second-order valence-electron chi connectivity index (χ2n) is 2.98. The van der Waals surface area contributed by atoms with Gasteiger partial charge in [-0.05, 0) is 18.6 Å². The summed E-state index contributed by atoms with van der Waals surface area (Å²) < 4.78 is 35.9. The van der Waals surface area contributed by atoms with Crippen molar-refractivity contribution in [1.82, 2.24) is 0 Å². The van der Waals surface area contributed by atoms with E-state index in [-0.39, 0.29) is 6.42 Å². The summed E-state index contributed by atoms with van der Waals surface area (Å²) in [4.78, 5) is 1.61. The zero-order valence-electron chi connectivity index (χ0n) is 7.64. The fraction of sp³-hybridized carbons (Fsp3) is 0.556. The molecule has 0 fully saturated rings. The van der Waals surface area contributed by atoms with Crippen LogP contribution in [0.2, 0.25) is 0 Å². The van der Waals surface area contributed by atoms with Crippen molar-refractivity contribution in [2.75, 3.05) is 0 Å². The fourth-order valence-electron chi connectivity index (χ4n) is 1.03. The molecule has 0 bridgehead atoms. The van der Waals surface area contributed by atoms with E-state index in [1.54, 1.807) is 12.1 Å². The van der Waals surface area contributed by atoms with Gasteiger partial charge in [0.1, 0.15) is 0 Å². The maximum absolute atomic E-state index is 12.0. The van der Waals surface area contributed by atoms with Crippen molar-refractivity contribution in [3.63, 3.8) is 0 Å². The highest BCUT2D eigenvalue weighted by Gasteiger charge is 2.38. The highest BCUT2D eigenvalue weighted by Crippen LogP contribution is 2.26. The molecule has 1 heterocycles. The summed E-state index contributed by atoms with van der Waals surface area (Å²) in [7, 11) is 0. The van der Waals surface area contributed by atoms with Crippen LogP contribution in [0.15, 0.2) is 12.1 Å². The first kappa shape index (κ1) is 11.5. The number of alkyl halides is 3. The molecule has 80 valence electrons. The minimum atomic E-state index is -4.52. The molecular formula is C9H11F3OS. The Balaban J connectivity index is 2.60. The van der Waals surface area contributed by atoms with E-state index >= 15 is 0 Å². The molecule has 0 saturated carbocycles. The van der Waals surface area contributed by atoms with Crippen molar-refractivity contribution in [3.05, 3.63) is 21.9 Å². The van der Waals surface area contributed by atoms with E-state index in [1.165, 1.54) is 11.3 Å². The van der Waals surface area contributed by atoms with E-state index in [1.807, 2.05) is 6.92 Å². The van der Waals surface area contributed by atoms with Crippen molar-refractivity contribution in [2.45, 2.75) is 32.0 Å². The van der Waals surface area contributed by atoms with E-state index in [4.69, 9.17) is 5.11 Å². The van der Waals surface area contributed by atoms with Crippen molar-refractivity contribution >= 4 is 11.3 Å². The second-order valence-corrected chi connectivity index (χ2v) is 4.24. The van der Waals surface area contributed by atoms with E-state index in [2.05, 4.69) is 0 Å². The third kappa shape index (κ3) is 2.99. The lowest BCUT2D eigenvalue weighted by atomic mass is 10.2. The molecule has 1 N–H and O–H groups in total. The lowest BCUT2D eigenvalue weighted by molar-refractivity contribution is -0.202. The highest BCUT2D eigenvalue weighted by molar-refractivity contribution is 7.11. The highest BCUT2D eigenvalue weighted by atomic mass is 32.1. The van der Waals surface area contributed by atoms with Crippen LogP contribution in [0, 0.1) is 0 Å². The summed E-state index contributed by atoms with van der Waals surface area (Å²) in [6.07, 6.45) is -6.29. The van der Waals surface area contributed by atoms with Crippen LogP contribution in [-0.2, 0) is 12.8 Å². The normalized spacial score (nSPS) is 14.4. The largest absolute Gasteiger partial charge is 0.414 e. The average molecular weight is 224 g/mol. The zero-order chi connectivity index (χ0) is 10.8. The molecule has 0 aromatic carbocycles. The Hall–Kier alpha value is -0.550. The number of thiophene rings is 1. The van der Waals surface area contributed by atoms with Crippen LogP contribution < -0.4 is 0 Å². The molecule has 1 atom stereocenters. The van der Waals surface area contributed by atoms with Crippen molar-refractivity contribution < 1.29 is 18.3 Å². The number of hydrogen-bond donors (Lipinski definition) is 1. The minimum Gasteiger partial charge on any atom is -0.383 e. The molecule has 1 nitrogen and oxygen atoms in total. The standard InChI is InChI=1S/C9H11F3OS/c1-2-6-3-4-7(14-6)5-8(13)9(10,11)12/h3-4,8,13H,2,5H2,1H3/t8-/m0/s1. The molecule has 0 unspecified atom stereocenters. The van der Waals surface area contributed by atoms with Gasteiger partial charge in [-0.2, -0.15) is 13.2 Å². The van der Waals surface area contributed by atoms with Crippen molar-refractivity contribution in [2.24, 2.45) is 0 Å². The van der Waals surface area contributed by atoms with Crippen LogP contribution in [0.25, 0.3) is 0 Å². The maximum Gasteiger partial charge on any atom is 0.414 e. The second kappa shape index (κ2) is 4.31. The molecule has 14 heavy (non-hydrogen) atoms. The predicted molar refractivity (Wildman–Crippen MR) is 49.5 cm³/mol. The molecule has 0 radical (unpaired) electrons. The van der Waals surface area contributed by atoms with Gasteiger partial charge in [0.15, 0.2) is 6.10 Å². The third-order valence-electron chi connectivity index (χ3n) is 1.84. The number of aryl methyl sites for hydroxylation is 1. The molecule has 5 heteroatoms. The van der Waals surface area contributed by atoms with Gasteiger partial charge in [-0.1, -0.05) is 6.92 Å². The van der Waals surface area contributed by atoms with Gasteiger partial charge in [0.25, 0.3) is 0 Å². The Bertz CT molecular complexity index is 292. The van der Waals surface area contributed by atoms with Crippen LogP contribution in [0.5, 0.6) is 0 Å². The first-order valence-corrected chi connectivity index (χ1v) is 5.07. The predicted octanol–water partition coefficient (Wildman–Crippen LogP) is 2.78. The van der Waals surface area contributed by atoms with Crippen molar-refractivity contribution in [1.29, 1.82) is 0 Å². The topological polar surface area (TPSA) is 20.2 Å². The number of rotatable bonds is 3. The van der Waals surface area contributed by atoms with Gasteiger partial charge in [0.05, 0.1) is 0 Å². The van der Waals surface area contributed by atoms with Crippen LogP contribution in [0.4, 0.5) is 13.2 Å². The van der Waals surface area contributed by atoms with Crippen LogP contribution in [-0.4, -0.2) is 17.4 Å². The third-order valence-corrected chi connectivity index (χ3v) is 3.09. The van der Waals surface area contributed by atoms with Crippen LogP contribution in [0.1, 0.15) is 16.7 Å². The molecular weight excluding hydrogens is 213 g/mol. The fourth-order valence-corrected chi connectivity index (χ4v) is 2.02. The average Bonchev–Trinajstić information content (AvgIpc) is 2.50. The number of aliphatic hydroxyl groups excluding tert-OH is 1. The van der Waals surface area contributed by atoms with Gasteiger partial charge in [-0.15, -0.1) is 11.3 Å². The summed E-state index contributed by atoms with van der Waals surface area (Å²) in [5.74, 6) is 0. The Morgan fingerprint density at radius 1 is 1.36 bits per heavy atom. The van der Waals surface area contributed by atoms with Gasteiger partial charge >= 0.3 is 6.18 Å². The summed E-state index contributed by atoms with van der Waals surface area (Å²) >= 11 is 1.32. The summed E-state index contributed by atoms with van der Waals surface area (Å²) in [6, 6.07) is 3.43. The molecule has 1 aromatic heterocycles. The molecule has 0 saturated heterocycles. The Kier molecular flexibility index (Phi) is 3.55. The summed E-state index contributed by atoms with van der Waals surface area (Å²) in [5.41, 5.74) is 0. The Morgan fingerprint density at radius 3 is 2.36 bits per heavy atom. The summed E-state index contributed by atoms with van der Waals surface area (Å²) in [6.45, 7) is 1.94. The molecule has 0 aliphatic carbocycles. The van der Waals surface area contributed by atoms with E-state index in [0.29, 0.717) is 4.88 Å². The number of hydrogen-bond acceptors (Lipinski definition) is 2. The van der Waals surface area contributed by atoms with Gasteiger partial charge < -0.3 is 5.11 Å². The number of aliphatic hydroxyl groups is 1. The van der Waals surface area contributed by atoms with E-state index in [9.17, 15) is 13.2 Å². The van der Waals surface area contributed by atoms with Gasteiger partial charge in [0, 0.05) is 16.2 Å². The molecule has 0 amide bonds. The molecule has 0 aliphatic rings. The zero-order valence-corrected chi connectivity index (χ0v) is 8.45. The van der Waals surface area contributed by atoms with Crippen molar-refractivity contribution in [3.8, 4) is 0 Å². The van der Waals surface area contributed by atoms with E-state index < -0.39 is 12.3 Å². The van der Waals surface area contributed by atoms with Gasteiger partial charge in [-0.3, -0.25) is 0 Å². The lowest BCUT2D eigenvalue weighted by Crippen LogP contribution is -2.30. The molecule has 1 aromatic rings. The SMILES string of the molecule is CCc1ccc(C[C@H](O)C(F)(F)F)s1. The molecule has 1 rings (SSSR count). The quantitative estimate of drug-likeness (QED) is 0.837. The molecule has 0 aliphatic heterocycles. The van der Waals surface area contributed by atoms with Gasteiger partial charge in [-0.25, -0.2) is 0 Å². The maximum atomic E-state index is 12.0. The van der Waals surface area contributed by atoms with E-state index in [0.717, 1.165) is 11.3 Å². The first-order chi connectivity index (χ1) is 6.43. The Labute approximate surface area is 84.2 Å². The number of halogens is 3. The smallest absolute Gasteiger partial charge is 0.383 e. The molecule has 0 spiro atoms. The first-order valence-electron chi connectivity index (χ1n) is 4.26. The minimum absolute atomic E-state index is 0.339.